The van der Waals surface area contributed by atoms with Crippen molar-refractivity contribution in [2.75, 3.05) is 5.75 Å². The average Bonchev–Trinajstić information content (AvgIpc) is 3.15. The van der Waals surface area contributed by atoms with Gasteiger partial charge in [0.25, 0.3) is 0 Å². The van der Waals surface area contributed by atoms with Crippen LogP contribution >= 0.6 is 23.1 Å². The van der Waals surface area contributed by atoms with E-state index in [-0.39, 0.29) is 23.2 Å². The third-order valence-electron chi connectivity index (χ3n) is 4.28. The zero-order valence-electron chi connectivity index (χ0n) is 15.8. The molecule has 0 amide bonds. The predicted molar refractivity (Wildman–Crippen MR) is 115 cm³/mol. The normalized spacial score (nSPS) is 10.9. The largest absolute Gasteiger partial charge is 0.293 e. The quantitative estimate of drug-likeness (QED) is 0.280. The van der Waals surface area contributed by atoms with Crippen molar-refractivity contribution < 1.29 is 13.6 Å². The fourth-order valence-electron chi connectivity index (χ4n) is 2.73. The number of hydrogen-bond acceptors (Lipinski definition) is 6. The standard InChI is InChI=1S/C22H15F2N3OS2/c1-13-21(30-22(25-13)15-4-8-17(24)9-5-15)18-10-11-20(27-26-18)29-12-19(28)14-2-6-16(23)7-3-14/h2-11H,12H2,1H3. The zero-order chi connectivity index (χ0) is 21.1. The number of nitrogens with zero attached hydrogens (tertiary/aromatic N) is 3. The summed E-state index contributed by atoms with van der Waals surface area (Å²) < 4.78 is 26.1. The van der Waals surface area contributed by atoms with Crippen LogP contribution in [0.3, 0.4) is 0 Å². The number of hydrogen-bond donors (Lipinski definition) is 0. The number of benzene rings is 2. The van der Waals surface area contributed by atoms with Crippen molar-refractivity contribution in [2.24, 2.45) is 0 Å². The van der Waals surface area contributed by atoms with Crippen LogP contribution in [-0.4, -0.2) is 26.7 Å². The molecule has 0 spiro atoms. The van der Waals surface area contributed by atoms with Gasteiger partial charge in [-0.05, 0) is 67.6 Å². The molecule has 4 nitrogen and oxygen atoms in total. The highest BCUT2D eigenvalue weighted by atomic mass is 32.2. The Bertz CT molecular complexity index is 1170. The van der Waals surface area contributed by atoms with E-state index in [9.17, 15) is 13.6 Å². The summed E-state index contributed by atoms with van der Waals surface area (Å²) in [4.78, 5) is 17.6. The molecule has 0 atom stereocenters. The molecule has 0 radical (unpaired) electrons. The Hall–Kier alpha value is -2.97. The first-order valence-electron chi connectivity index (χ1n) is 8.98. The van der Waals surface area contributed by atoms with E-state index in [4.69, 9.17) is 0 Å². The van der Waals surface area contributed by atoms with E-state index in [2.05, 4.69) is 15.2 Å². The molecule has 2 heterocycles. The van der Waals surface area contributed by atoms with Crippen LogP contribution in [0.25, 0.3) is 21.1 Å². The van der Waals surface area contributed by atoms with Crippen molar-refractivity contribution in [1.29, 1.82) is 0 Å². The van der Waals surface area contributed by atoms with Crippen molar-refractivity contribution in [2.45, 2.75) is 11.9 Å². The van der Waals surface area contributed by atoms with E-state index < -0.39 is 0 Å². The highest BCUT2D eigenvalue weighted by molar-refractivity contribution is 7.99. The number of thioether (sulfide) groups is 1. The Morgan fingerprint density at radius 2 is 1.60 bits per heavy atom. The second-order valence-corrected chi connectivity index (χ2v) is 8.41. The smallest absolute Gasteiger partial charge is 0.173 e. The van der Waals surface area contributed by atoms with Crippen molar-refractivity contribution >= 4 is 28.9 Å². The lowest BCUT2D eigenvalue weighted by Crippen LogP contribution is -2.02. The molecule has 0 bridgehead atoms. The maximum atomic E-state index is 13.1. The number of carbonyl (C=O) groups is 1. The maximum Gasteiger partial charge on any atom is 0.173 e. The van der Waals surface area contributed by atoms with Crippen LogP contribution in [0.1, 0.15) is 16.1 Å². The van der Waals surface area contributed by atoms with Gasteiger partial charge in [0.05, 0.1) is 16.3 Å². The Morgan fingerprint density at radius 1 is 0.933 bits per heavy atom. The van der Waals surface area contributed by atoms with E-state index in [1.807, 2.05) is 19.1 Å². The van der Waals surface area contributed by atoms with Gasteiger partial charge >= 0.3 is 0 Å². The van der Waals surface area contributed by atoms with Crippen LogP contribution in [0.4, 0.5) is 8.78 Å². The van der Waals surface area contributed by atoms with Crippen LogP contribution in [0.15, 0.2) is 65.7 Å². The Balaban J connectivity index is 1.45. The molecule has 0 saturated heterocycles. The molecule has 0 fully saturated rings. The van der Waals surface area contributed by atoms with Gasteiger partial charge < -0.3 is 0 Å². The first kappa shape index (κ1) is 20.3. The van der Waals surface area contributed by atoms with Crippen molar-refractivity contribution in [3.63, 3.8) is 0 Å². The van der Waals surface area contributed by atoms with Gasteiger partial charge in [0.2, 0.25) is 0 Å². The van der Waals surface area contributed by atoms with E-state index >= 15 is 0 Å². The number of thiazole rings is 1. The lowest BCUT2D eigenvalue weighted by Gasteiger charge is -2.02. The second kappa shape index (κ2) is 8.81. The molecule has 30 heavy (non-hydrogen) atoms. The van der Waals surface area contributed by atoms with Crippen LogP contribution in [0.5, 0.6) is 0 Å². The van der Waals surface area contributed by atoms with E-state index in [1.165, 1.54) is 59.5 Å². The van der Waals surface area contributed by atoms with Gasteiger partial charge in [-0.15, -0.1) is 21.5 Å². The molecule has 0 aliphatic carbocycles. The molecule has 4 aromatic rings. The molecule has 0 N–H and O–H groups in total. The third-order valence-corrected chi connectivity index (χ3v) is 6.43. The van der Waals surface area contributed by atoms with Crippen molar-refractivity contribution in [3.05, 3.63) is 83.6 Å². The highest BCUT2D eigenvalue weighted by Crippen LogP contribution is 2.34. The van der Waals surface area contributed by atoms with Gasteiger partial charge in [0.15, 0.2) is 5.78 Å². The Kier molecular flexibility index (Phi) is 5.96. The van der Waals surface area contributed by atoms with Gasteiger partial charge in [0.1, 0.15) is 27.4 Å². The maximum absolute atomic E-state index is 13.1. The second-order valence-electron chi connectivity index (χ2n) is 6.42. The molecule has 2 aromatic carbocycles. The number of ketones is 1. The van der Waals surface area contributed by atoms with Gasteiger partial charge in [0, 0.05) is 11.1 Å². The number of rotatable bonds is 6. The summed E-state index contributed by atoms with van der Waals surface area (Å²) in [5.41, 5.74) is 2.81. The monoisotopic (exact) mass is 439 g/mol. The average molecular weight is 440 g/mol. The lowest BCUT2D eigenvalue weighted by atomic mass is 10.1. The number of carbonyl (C=O) groups excluding carboxylic acids is 1. The van der Waals surface area contributed by atoms with Crippen molar-refractivity contribution in [1.82, 2.24) is 15.2 Å². The third kappa shape index (κ3) is 4.60. The van der Waals surface area contributed by atoms with Crippen LogP contribution in [-0.2, 0) is 0 Å². The Labute approximate surface area is 180 Å². The van der Waals surface area contributed by atoms with Crippen LogP contribution in [0.2, 0.25) is 0 Å². The van der Waals surface area contributed by atoms with Gasteiger partial charge in [-0.3, -0.25) is 4.79 Å². The number of aryl methyl sites for hydroxylation is 1. The summed E-state index contributed by atoms with van der Waals surface area (Å²) in [6.45, 7) is 1.89. The van der Waals surface area contributed by atoms with Crippen LogP contribution < -0.4 is 0 Å². The van der Waals surface area contributed by atoms with E-state index in [1.54, 1.807) is 12.1 Å². The first-order valence-corrected chi connectivity index (χ1v) is 10.8. The summed E-state index contributed by atoms with van der Waals surface area (Å²) in [5, 5.41) is 9.88. The number of aromatic nitrogens is 3. The highest BCUT2D eigenvalue weighted by Gasteiger charge is 2.14. The molecule has 0 aliphatic heterocycles. The summed E-state index contributed by atoms with van der Waals surface area (Å²) in [6.07, 6.45) is 0. The van der Waals surface area contributed by atoms with E-state index in [0.29, 0.717) is 16.3 Å². The molecule has 0 saturated carbocycles. The van der Waals surface area contributed by atoms with Gasteiger partial charge in [-0.1, -0.05) is 11.8 Å². The number of halogens is 2. The van der Waals surface area contributed by atoms with Crippen molar-refractivity contribution in [3.8, 4) is 21.1 Å². The minimum Gasteiger partial charge on any atom is -0.293 e. The van der Waals surface area contributed by atoms with Crippen LogP contribution in [0, 0.1) is 18.6 Å². The SMILES string of the molecule is Cc1nc(-c2ccc(F)cc2)sc1-c1ccc(SCC(=O)c2ccc(F)cc2)nn1. The molecule has 0 unspecified atom stereocenters. The summed E-state index contributed by atoms with van der Waals surface area (Å²) >= 11 is 2.74. The molecular weight excluding hydrogens is 424 g/mol. The molecule has 4 rings (SSSR count). The van der Waals surface area contributed by atoms with Gasteiger partial charge in [-0.2, -0.15) is 0 Å². The minimum absolute atomic E-state index is 0.104. The predicted octanol–water partition coefficient (Wildman–Crippen LogP) is 5.83. The van der Waals surface area contributed by atoms with Gasteiger partial charge in [-0.25, -0.2) is 13.8 Å². The summed E-state index contributed by atoms with van der Waals surface area (Å²) in [6, 6.07) is 15.3. The topological polar surface area (TPSA) is 55.7 Å². The first-order chi connectivity index (χ1) is 14.5. The molecular formula is C22H15F2N3OS2. The number of Topliss-reactive ketones (excluding diaryl/α,β-unsaturated/α-hetero) is 1. The Morgan fingerprint density at radius 3 is 2.23 bits per heavy atom. The lowest BCUT2D eigenvalue weighted by molar-refractivity contribution is 0.102. The molecule has 8 heteroatoms. The minimum atomic E-state index is -0.374. The molecule has 2 aromatic heterocycles. The molecule has 0 aliphatic rings. The molecule has 150 valence electrons. The van der Waals surface area contributed by atoms with E-state index in [0.717, 1.165) is 21.1 Å². The summed E-state index contributed by atoms with van der Waals surface area (Å²) in [5.74, 6) is -0.577. The zero-order valence-corrected chi connectivity index (χ0v) is 17.4. The fourth-order valence-corrected chi connectivity index (χ4v) is 4.47. The fraction of sp³-hybridized carbons (Fsp3) is 0.0909. The summed E-state index contributed by atoms with van der Waals surface area (Å²) in [7, 11) is 0.